The molecule has 0 radical (unpaired) electrons. The monoisotopic (exact) mass is 427 g/mol. The van der Waals surface area contributed by atoms with Crippen molar-refractivity contribution in [3.05, 3.63) is 29.8 Å². The predicted molar refractivity (Wildman–Crippen MR) is 125 cm³/mol. The van der Waals surface area contributed by atoms with Crippen LogP contribution in [0.15, 0.2) is 24.3 Å². The van der Waals surface area contributed by atoms with Gasteiger partial charge in [-0.1, -0.05) is 31.5 Å². The van der Waals surface area contributed by atoms with Crippen molar-refractivity contribution in [2.45, 2.75) is 69.3 Å². The van der Waals surface area contributed by atoms with Gasteiger partial charge in [-0.05, 0) is 44.4 Å². The SMILES string of the molecule is CCCC(CC1CNc2ccccc21)NC(O)C(=N)NC(=N)N1CC2CCC(C1)N2C. The number of nitrogens with zero attached hydrogens (tertiary/aromatic N) is 2. The van der Waals surface area contributed by atoms with Crippen molar-refractivity contribution in [2.24, 2.45) is 0 Å². The third kappa shape index (κ3) is 4.86. The van der Waals surface area contributed by atoms with E-state index in [1.807, 2.05) is 11.0 Å². The van der Waals surface area contributed by atoms with Gasteiger partial charge < -0.3 is 20.6 Å². The van der Waals surface area contributed by atoms with Gasteiger partial charge in [-0.15, -0.1) is 0 Å². The molecule has 1 aromatic rings. The summed E-state index contributed by atoms with van der Waals surface area (Å²) in [6, 6.07) is 9.48. The average Bonchev–Trinajstić information content (AvgIpc) is 3.22. The number of likely N-dealkylation sites (N-methyl/N-ethyl adjacent to an activating group) is 1. The van der Waals surface area contributed by atoms with E-state index in [2.05, 4.69) is 53.0 Å². The quantitative estimate of drug-likeness (QED) is 0.225. The van der Waals surface area contributed by atoms with Crippen LogP contribution in [0, 0.1) is 10.8 Å². The lowest BCUT2D eigenvalue weighted by molar-refractivity contribution is 0.131. The summed E-state index contributed by atoms with van der Waals surface area (Å²) in [7, 11) is 2.17. The van der Waals surface area contributed by atoms with Crippen LogP contribution in [0.5, 0.6) is 0 Å². The molecule has 8 heteroatoms. The second kappa shape index (κ2) is 9.54. The zero-order chi connectivity index (χ0) is 22.0. The molecule has 3 heterocycles. The van der Waals surface area contributed by atoms with E-state index in [9.17, 15) is 5.11 Å². The number of rotatable bonds is 7. The molecule has 2 bridgehead atoms. The van der Waals surface area contributed by atoms with Crippen LogP contribution in [0.4, 0.5) is 5.69 Å². The maximum absolute atomic E-state index is 10.7. The van der Waals surface area contributed by atoms with Crippen LogP contribution in [-0.4, -0.2) is 77.7 Å². The van der Waals surface area contributed by atoms with Crippen LogP contribution >= 0.6 is 0 Å². The van der Waals surface area contributed by atoms with Crippen molar-refractivity contribution in [2.75, 3.05) is 32.0 Å². The highest BCUT2D eigenvalue weighted by Gasteiger charge is 2.38. The molecule has 2 saturated heterocycles. The molecule has 4 rings (SSSR count). The summed E-state index contributed by atoms with van der Waals surface area (Å²) in [5, 5.41) is 36.9. The highest BCUT2D eigenvalue weighted by molar-refractivity contribution is 5.98. The number of nitrogens with one attached hydrogen (secondary N) is 5. The summed E-state index contributed by atoms with van der Waals surface area (Å²) in [5.74, 6) is 0.563. The topological polar surface area (TPSA) is 110 Å². The Morgan fingerprint density at radius 3 is 2.65 bits per heavy atom. The largest absolute Gasteiger partial charge is 0.384 e. The lowest BCUT2D eigenvalue weighted by Crippen LogP contribution is -2.58. The molecule has 31 heavy (non-hydrogen) atoms. The number of aliphatic hydroxyl groups is 1. The maximum Gasteiger partial charge on any atom is 0.196 e. The second-order valence-electron chi connectivity index (χ2n) is 9.30. The van der Waals surface area contributed by atoms with Crippen LogP contribution in [0.3, 0.4) is 0 Å². The summed E-state index contributed by atoms with van der Waals surface area (Å²) in [6.45, 7) is 4.66. The first-order valence-electron chi connectivity index (χ1n) is 11.6. The Morgan fingerprint density at radius 1 is 1.23 bits per heavy atom. The van der Waals surface area contributed by atoms with Crippen molar-refractivity contribution in [3.63, 3.8) is 0 Å². The standard InChI is InChI=1S/C23H37N7O/c1-3-6-16(11-15-12-26-20-8-5-4-7-19(15)20)27-22(31)21(24)28-23(25)30-13-17-9-10-18(14-30)29(17)2/h4-5,7-8,15-18,22,26-27,31H,3,6,9-14H2,1-2H3,(H3,24,25,28). The molecule has 5 unspecified atom stereocenters. The van der Waals surface area contributed by atoms with Crippen molar-refractivity contribution >= 4 is 17.5 Å². The minimum Gasteiger partial charge on any atom is -0.384 e. The highest BCUT2D eigenvalue weighted by atomic mass is 16.3. The fourth-order valence-corrected chi connectivity index (χ4v) is 5.41. The van der Waals surface area contributed by atoms with E-state index in [1.165, 1.54) is 24.1 Å². The van der Waals surface area contributed by atoms with Gasteiger partial charge in [0.15, 0.2) is 12.2 Å². The second-order valence-corrected chi connectivity index (χ2v) is 9.30. The Balaban J connectivity index is 1.30. The molecule has 0 spiro atoms. The van der Waals surface area contributed by atoms with Gasteiger partial charge in [-0.2, -0.15) is 0 Å². The Hall–Kier alpha value is -2.16. The van der Waals surface area contributed by atoms with Gasteiger partial charge in [0.2, 0.25) is 0 Å². The van der Waals surface area contributed by atoms with Gasteiger partial charge in [-0.3, -0.25) is 21.0 Å². The van der Waals surface area contributed by atoms with E-state index in [1.54, 1.807) is 0 Å². The van der Waals surface area contributed by atoms with E-state index < -0.39 is 6.23 Å². The number of piperazine rings is 1. The number of fused-ring (bicyclic) bond motifs is 3. The van der Waals surface area contributed by atoms with E-state index in [4.69, 9.17) is 10.8 Å². The molecule has 0 amide bonds. The lowest BCUT2D eigenvalue weighted by atomic mass is 9.92. The van der Waals surface area contributed by atoms with Gasteiger partial charge in [0.1, 0.15) is 5.84 Å². The van der Waals surface area contributed by atoms with Gasteiger partial charge in [0.05, 0.1) is 0 Å². The highest BCUT2D eigenvalue weighted by Crippen LogP contribution is 2.34. The molecule has 3 aliphatic rings. The molecule has 5 atom stereocenters. The van der Waals surface area contributed by atoms with Crippen LogP contribution in [0.1, 0.15) is 50.5 Å². The Morgan fingerprint density at radius 2 is 1.94 bits per heavy atom. The minimum atomic E-state index is -1.11. The molecule has 0 aromatic heterocycles. The molecule has 6 N–H and O–H groups in total. The van der Waals surface area contributed by atoms with E-state index in [-0.39, 0.29) is 17.8 Å². The van der Waals surface area contributed by atoms with Crippen molar-refractivity contribution in [1.82, 2.24) is 20.4 Å². The molecule has 8 nitrogen and oxygen atoms in total. The number of hydrogen-bond donors (Lipinski definition) is 6. The summed E-state index contributed by atoms with van der Waals surface area (Å²) in [4.78, 5) is 4.42. The summed E-state index contributed by atoms with van der Waals surface area (Å²) >= 11 is 0. The van der Waals surface area contributed by atoms with E-state index in [0.29, 0.717) is 18.0 Å². The number of hydrogen-bond acceptors (Lipinski definition) is 6. The smallest absolute Gasteiger partial charge is 0.196 e. The normalized spacial score (nSPS) is 26.8. The summed E-state index contributed by atoms with van der Waals surface area (Å²) in [5.41, 5.74) is 2.53. The maximum atomic E-state index is 10.7. The van der Waals surface area contributed by atoms with Crippen molar-refractivity contribution < 1.29 is 5.11 Å². The number of aliphatic hydroxyl groups excluding tert-OH is 1. The molecule has 3 aliphatic heterocycles. The number of anilines is 1. The Labute approximate surface area is 185 Å². The fourth-order valence-electron chi connectivity index (χ4n) is 5.41. The first kappa shape index (κ1) is 22.0. The Bertz CT molecular complexity index is 786. The number of amidine groups is 1. The van der Waals surface area contributed by atoms with E-state index >= 15 is 0 Å². The summed E-state index contributed by atoms with van der Waals surface area (Å²) in [6.07, 6.45) is 4.08. The summed E-state index contributed by atoms with van der Waals surface area (Å²) < 4.78 is 0. The van der Waals surface area contributed by atoms with Crippen LogP contribution in [-0.2, 0) is 0 Å². The van der Waals surface area contributed by atoms with Gasteiger partial charge in [0.25, 0.3) is 0 Å². The van der Waals surface area contributed by atoms with Crippen molar-refractivity contribution in [3.8, 4) is 0 Å². The molecule has 0 aliphatic carbocycles. The van der Waals surface area contributed by atoms with Crippen LogP contribution < -0.4 is 16.0 Å². The molecular formula is C23H37N7O. The third-order valence-corrected chi connectivity index (χ3v) is 7.23. The minimum absolute atomic E-state index is 0.0534. The molecular weight excluding hydrogens is 390 g/mol. The predicted octanol–water partition coefficient (Wildman–Crippen LogP) is 1.94. The van der Waals surface area contributed by atoms with Gasteiger partial charge in [-0.25, -0.2) is 0 Å². The first-order chi connectivity index (χ1) is 15.0. The Kier molecular flexibility index (Phi) is 6.79. The van der Waals surface area contributed by atoms with Crippen LogP contribution in [0.2, 0.25) is 0 Å². The molecule has 0 saturated carbocycles. The molecule has 170 valence electrons. The zero-order valence-corrected chi connectivity index (χ0v) is 18.7. The van der Waals surface area contributed by atoms with E-state index in [0.717, 1.165) is 38.9 Å². The third-order valence-electron chi connectivity index (χ3n) is 7.23. The molecule has 1 aromatic carbocycles. The van der Waals surface area contributed by atoms with Crippen LogP contribution in [0.25, 0.3) is 0 Å². The van der Waals surface area contributed by atoms with Gasteiger partial charge >= 0.3 is 0 Å². The van der Waals surface area contributed by atoms with Gasteiger partial charge in [0, 0.05) is 49.4 Å². The number of guanidine groups is 1. The lowest BCUT2D eigenvalue weighted by Gasteiger charge is -2.40. The fraction of sp³-hybridized carbons (Fsp3) is 0.652. The number of benzene rings is 1. The molecule has 2 fully saturated rings. The first-order valence-corrected chi connectivity index (χ1v) is 11.6. The van der Waals surface area contributed by atoms with Crippen molar-refractivity contribution in [1.29, 1.82) is 10.8 Å². The number of para-hydroxylation sites is 1. The average molecular weight is 428 g/mol. The number of likely N-dealkylation sites (tertiary alicyclic amines) is 1. The zero-order valence-electron chi connectivity index (χ0n) is 18.7.